The van der Waals surface area contributed by atoms with Crippen molar-refractivity contribution in [2.75, 3.05) is 0 Å². The van der Waals surface area contributed by atoms with E-state index in [0.717, 1.165) is 5.69 Å². The highest BCUT2D eigenvalue weighted by atomic mass is 127. The van der Waals surface area contributed by atoms with E-state index in [-0.39, 0.29) is 5.75 Å². The van der Waals surface area contributed by atoms with Crippen molar-refractivity contribution in [1.29, 1.82) is 0 Å². The summed E-state index contributed by atoms with van der Waals surface area (Å²) in [5.41, 5.74) is 1.46. The van der Waals surface area contributed by atoms with E-state index >= 15 is 0 Å². The minimum atomic E-state index is 0.227. The molecule has 2 rings (SSSR count). The van der Waals surface area contributed by atoms with E-state index in [9.17, 15) is 5.11 Å². The molecule has 0 spiro atoms. The zero-order chi connectivity index (χ0) is 11.4. The molecule has 0 unspecified atom stereocenters. The van der Waals surface area contributed by atoms with E-state index in [1.54, 1.807) is 12.1 Å². The molecule has 0 radical (unpaired) electrons. The first-order valence-electron chi connectivity index (χ1n) is 4.71. The molecule has 2 aromatic carbocycles. The van der Waals surface area contributed by atoms with Gasteiger partial charge in [0, 0.05) is 0 Å². The van der Waals surface area contributed by atoms with Crippen LogP contribution in [0.4, 0.5) is 11.4 Å². The van der Waals surface area contributed by atoms with Crippen LogP contribution in [0.25, 0.3) is 0 Å². The Morgan fingerprint density at radius 1 is 0.875 bits per heavy atom. The second-order valence-corrected chi connectivity index (χ2v) is 4.22. The lowest BCUT2D eigenvalue weighted by atomic mass is 10.3. The molecule has 4 heteroatoms. The van der Waals surface area contributed by atoms with Gasteiger partial charge in [-0.15, -0.1) is 5.11 Å². The Morgan fingerprint density at radius 2 is 1.62 bits per heavy atom. The topological polar surface area (TPSA) is 45.0 Å². The minimum absolute atomic E-state index is 0.227. The Hall–Kier alpha value is -1.43. The molecular formula is C12H9IN2O. The number of hydrogen-bond acceptors (Lipinski definition) is 3. The zero-order valence-electron chi connectivity index (χ0n) is 8.34. The van der Waals surface area contributed by atoms with Crippen LogP contribution in [-0.4, -0.2) is 5.11 Å². The van der Waals surface area contributed by atoms with Crippen molar-refractivity contribution in [3.63, 3.8) is 0 Å². The van der Waals surface area contributed by atoms with Crippen LogP contribution in [0.1, 0.15) is 0 Å². The van der Waals surface area contributed by atoms with Crippen molar-refractivity contribution < 1.29 is 5.11 Å². The molecule has 16 heavy (non-hydrogen) atoms. The van der Waals surface area contributed by atoms with E-state index in [1.807, 2.05) is 59.0 Å². The standard InChI is InChI=1S/C12H9IN2O/c13-12-10(7-4-8-11(12)16)15-14-9-5-2-1-3-6-9/h1-8,16H. The Balaban J connectivity index is 2.28. The number of benzene rings is 2. The molecule has 80 valence electrons. The van der Waals surface area contributed by atoms with Gasteiger partial charge in [-0.05, 0) is 46.9 Å². The van der Waals surface area contributed by atoms with E-state index < -0.39 is 0 Å². The van der Waals surface area contributed by atoms with Gasteiger partial charge in [0.05, 0.1) is 9.26 Å². The molecule has 0 atom stereocenters. The quantitative estimate of drug-likeness (QED) is 0.645. The number of nitrogens with zero attached hydrogens (tertiary/aromatic N) is 2. The number of azo groups is 1. The van der Waals surface area contributed by atoms with Crippen LogP contribution >= 0.6 is 22.6 Å². The molecule has 2 aromatic rings. The van der Waals surface area contributed by atoms with Crippen LogP contribution in [-0.2, 0) is 0 Å². The van der Waals surface area contributed by atoms with E-state index in [2.05, 4.69) is 10.2 Å². The summed E-state index contributed by atoms with van der Waals surface area (Å²) in [6, 6.07) is 14.7. The summed E-state index contributed by atoms with van der Waals surface area (Å²) in [5, 5.41) is 17.7. The lowest BCUT2D eigenvalue weighted by Crippen LogP contribution is -1.73. The lowest BCUT2D eigenvalue weighted by Gasteiger charge is -1.99. The van der Waals surface area contributed by atoms with Crippen LogP contribution in [0.5, 0.6) is 5.75 Å². The fraction of sp³-hybridized carbons (Fsp3) is 0. The summed E-state index contributed by atoms with van der Waals surface area (Å²) in [5.74, 6) is 0.227. The Morgan fingerprint density at radius 3 is 2.38 bits per heavy atom. The fourth-order valence-corrected chi connectivity index (χ4v) is 1.66. The van der Waals surface area contributed by atoms with Gasteiger partial charge in [0.25, 0.3) is 0 Å². The molecule has 1 N–H and O–H groups in total. The van der Waals surface area contributed by atoms with Gasteiger partial charge in [-0.1, -0.05) is 24.3 Å². The molecule has 0 amide bonds. The van der Waals surface area contributed by atoms with Gasteiger partial charge in [-0.2, -0.15) is 5.11 Å². The molecule has 0 fully saturated rings. The monoisotopic (exact) mass is 324 g/mol. The average Bonchev–Trinajstić information content (AvgIpc) is 2.32. The largest absolute Gasteiger partial charge is 0.507 e. The third-order valence-electron chi connectivity index (χ3n) is 1.99. The highest BCUT2D eigenvalue weighted by Gasteiger charge is 2.02. The van der Waals surface area contributed by atoms with E-state index in [0.29, 0.717) is 9.26 Å². The third kappa shape index (κ3) is 2.57. The summed E-state index contributed by atoms with van der Waals surface area (Å²) in [6.45, 7) is 0. The number of phenols is 1. The normalized spacial score (nSPS) is 10.8. The fourth-order valence-electron chi connectivity index (χ4n) is 1.19. The maximum Gasteiger partial charge on any atom is 0.131 e. The maximum atomic E-state index is 9.49. The first-order chi connectivity index (χ1) is 7.77. The molecule has 0 saturated heterocycles. The van der Waals surface area contributed by atoms with Crippen LogP contribution in [0.15, 0.2) is 58.8 Å². The van der Waals surface area contributed by atoms with Gasteiger partial charge in [0.2, 0.25) is 0 Å². The lowest BCUT2D eigenvalue weighted by molar-refractivity contribution is 0.471. The number of halogens is 1. The zero-order valence-corrected chi connectivity index (χ0v) is 10.5. The molecule has 3 nitrogen and oxygen atoms in total. The number of aromatic hydroxyl groups is 1. The van der Waals surface area contributed by atoms with Crippen molar-refractivity contribution >= 4 is 34.0 Å². The second-order valence-electron chi connectivity index (χ2n) is 3.15. The van der Waals surface area contributed by atoms with E-state index in [1.165, 1.54) is 0 Å². The molecular weight excluding hydrogens is 315 g/mol. The Kier molecular flexibility index (Phi) is 3.51. The predicted octanol–water partition coefficient (Wildman–Crippen LogP) is 4.41. The molecule has 0 aliphatic rings. The number of phenolic OH excluding ortho intramolecular Hbond substituents is 1. The minimum Gasteiger partial charge on any atom is -0.507 e. The summed E-state index contributed by atoms with van der Waals surface area (Å²) in [6.07, 6.45) is 0. The van der Waals surface area contributed by atoms with Crippen LogP contribution in [0.2, 0.25) is 0 Å². The van der Waals surface area contributed by atoms with Gasteiger partial charge < -0.3 is 5.11 Å². The molecule has 0 aromatic heterocycles. The van der Waals surface area contributed by atoms with Gasteiger partial charge >= 0.3 is 0 Å². The van der Waals surface area contributed by atoms with Crippen LogP contribution in [0.3, 0.4) is 0 Å². The summed E-state index contributed by atoms with van der Waals surface area (Å²) >= 11 is 2.04. The third-order valence-corrected chi connectivity index (χ3v) is 3.09. The molecule has 0 heterocycles. The van der Waals surface area contributed by atoms with Crippen molar-refractivity contribution in [1.82, 2.24) is 0 Å². The maximum absolute atomic E-state index is 9.49. The summed E-state index contributed by atoms with van der Waals surface area (Å²) < 4.78 is 0.708. The molecule has 0 saturated carbocycles. The molecule has 0 bridgehead atoms. The predicted molar refractivity (Wildman–Crippen MR) is 71.4 cm³/mol. The van der Waals surface area contributed by atoms with Crippen molar-refractivity contribution in [3.05, 3.63) is 52.1 Å². The van der Waals surface area contributed by atoms with Gasteiger partial charge in [0.1, 0.15) is 11.4 Å². The SMILES string of the molecule is Oc1cccc(N=Nc2ccccc2)c1I. The van der Waals surface area contributed by atoms with Crippen molar-refractivity contribution in [2.24, 2.45) is 10.2 Å². The van der Waals surface area contributed by atoms with Crippen LogP contribution < -0.4 is 0 Å². The highest BCUT2D eigenvalue weighted by Crippen LogP contribution is 2.30. The molecule has 0 aliphatic heterocycles. The van der Waals surface area contributed by atoms with Crippen molar-refractivity contribution in [2.45, 2.75) is 0 Å². The Labute approximate surface area is 107 Å². The number of hydrogen-bond donors (Lipinski definition) is 1. The first-order valence-corrected chi connectivity index (χ1v) is 5.79. The average molecular weight is 324 g/mol. The smallest absolute Gasteiger partial charge is 0.131 e. The van der Waals surface area contributed by atoms with Gasteiger partial charge in [-0.3, -0.25) is 0 Å². The summed E-state index contributed by atoms with van der Waals surface area (Å²) in [4.78, 5) is 0. The highest BCUT2D eigenvalue weighted by molar-refractivity contribution is 14.1. The van der Waals surface area contributed by atoms with Crippen LogP contribution in [0, 0.1) is 3.57 Å². The molecule has 0 aliphatic carbocycles. The van der Waals surface area contributed by atoms with E-state index in [4.69, 9.17) is 0 Å². The first kappa shape index (κ1) is 11.1. The van der Waals surface area contributed by atoms with Gasteiger partial charge in [-0.25, -0.2) is 0 Å². The Bertz CT molecular complexity index is 512. The number of rotatable bonds is 2. The summed E-state index contributed by atoms with van der Waals surface area (Å²) in [7, 11) is 0. The van der Waals surface area contributed by atoms with Crippen molar-refractivity contribution in [3.8, 4) is 5.75 Å². The van der Waals surface area contributed by atoms with Gasteiger partial charge in [0.15, 0.2) is 0 Å². The second kappa shape index (κ2) is 5.07.